The Kier molecular flexibility index (Phi) is 3.62. The first-order valence-electron chi connectivity index (χ1n) is 10.2. The van der Waals surface area contributed by atoms with Gasteiger partial charge < -0.3 is 4.74 Å². The molecule has 1 aliphatic heterocycles. The quantitative estimate of drug-likeness (QED) is 0.667. The molecule has 2 aromatic rings. The van der Waals surface area contributed by atoms with Crippen LogP contribution in [0.15, 0.2) is 64.8 Å². The molecule has 0 aromatic heterocycles. The summed E-state index contributed by atoms with van der Waals surface area (Å²) in [5.41, 5.74) is 2.25. The minimum Gasteiger partial charge on any atom is -0.465 e. The number of rotatable bonds is 3. The number of hydrogen-bond acceptors (Lipinski definition) is 4. The topological polar surface area (TPSA) is 51.0 Å². The fraction of sp³-hybridized carbons (Fsp3) is 0.458. The van der Waals surface area contributed by atoms with E-state index < -0.39 is 0 Å². The van der Waals surface area contributed by atoms with Gasteiger partial charge in [0.2, 0.25) is 0 Å². The summed E-state index contributed by atoms with van der Waals surface area (Å²) in [6, 6.07) is 18.6. The molecule has 4 heteroatoms. The second kappa shape index (κ2) is 5.76. The normalized spacial score (nSPS) is 34.4. The number of hydrogen-bond donors (Lipinski definition) is 0. The standard InChI is InChI=1S/C24H26N2O2/c1-22(2)23(17-8-5-4-6-9-17)19-10-7-11-20(19)24(22,26-25-23)18-14-12-16(13-15-18)21(27)28-3/h4-6,8-9,12-15,19-20H,7,10-11H2,1-3H3/t19-,20+,23-,24+/m0/s1. The fourth-order valence-corrected chi connectivity index (χ4v) is 6.67. The highest BCUT2D eigenvalue weighted by molar-refractivity contribution is 5.89. The van der Waals surface area contributed by atoms with Crippen LogP contribution < -0.4 is 0 Å². The molecule has 0 saturated heterocycles. The van der Waals surface area contributed by atoms with Crippen molar-refractivity contribution in [1.29, 1.82) is 0 Å². The highest BCUT2D eigenvalue weighted by Gasteiger charge is 2.78. The summed E-state index contributed by atoms with van der Waals surface area (Å²) in [4.78, 5) is 11.9. The van der Waals surface area contributed by atoms with E-state index in [9.17, 15) is 4.79 Å². The summed E-state index contributed by atoms with van der Waals surface area (Å²) in [7, 11) is 1.41. The van der Waals surface area contributed by atoms with E-state index in [4.69, 9.17) is 15.0 Å². The molecule has 2 saturated carbocycles. The van der Waals surface area contributed by atoms with Gasteiger partial charge in [0.15, 0.2) is 0 Å². The van der Waals surface area contributed by atoms with E-state index in [1.165, 1.54) is 37.5 Å². The molecular weight excluding hydrogens is 348 g/mol. The van der Waals surface area contributed by atoms with Crippen LogP contribution in [0.3, 0.4) is 0 Å². The van der Waals surface area contributed by atoms with Gasteiger partial charge in [-0.15, -0.1) is 0 Å². The van der Waals surface area contributed by atoms with Crippen LogP contribution in [0.25, 0.3) is 0 Å². The molecule has 0 unspecified atom stereocenters. The van der Waals surface area contributed by atoms with Crippen molar-refractivity contribution >= 4 is 5.97 Å². The molecule has 5 rings (SSSR count). The lowest BCUT2D eigenvalue weighted by atomic mass is 9.61. The van der Waals surface area contributed by atoms with E-state index in [0.29, 0.717) is 17.4 Å². The maximum absolute atomic E-state index is 11.9. The monoisotopic (exact) mass is 374 g/mol. The Morgan fingerprint density at radius 3 is 1.96 bits per heavy atom. The minimum atomic E-state index is -0.349. The van der Waals surface area contributed by atoms with E-state index in [1.807, 2.05) is 12.1 Å². The van der Waals surface area contributed by atoms with Gasteiger partial charge in [0, 0.05) is 5.41 Å². The zero-order valence-electron chi connectivity index (χ0n) is 16.7. The largest absolute Gasteiger partial charge is 0.465 e. The number of ether oxygens (including phenoxy) is 1. The molecule has 2 fully saturated rings. The van der Waals surface area contributed by atoms with Crippen molar-refractivity contribution in [2.45, 2.75) is 44.2 Å². The predicted octanol–water partition coefficient (Wildman–Crippen LogP) is 5.49. The van der Waals surface area contributed by atoms with Gasteiger partial charge in [-0.05, 0) is 47.9 Å². The van der Waals surface area contributed by atoms with Gasteiger partial charge in [-0.1, -0.05) is 62.7 Å². The molecule has 0 N–H and O–H groups in total. The van der Waals surface area contributed by atoms with E-state index in [1.54, 1.807) is 0 Å². The zero-order valence-corrected chi connectivity index (χ0v) is 16.7. The SMILES string of the molecule is COC(=O)c1ccc([C@@]23N=N[C@@](c4ccccc4)([C@H]4CCC[C@H]42)C3(C)C)cc1. The van der Waals surface area contributed by atoms with Gasteiger partial charge in [0.25, 0.3) is 0 Å². The third-order valence-corrected chi connectivity index (χ3v) is 7.82. The van der Waals surface area contributed by atoms with E-state index in [0.717, 1.165) is 0 Å². The highest BCUT2D eigenvalue weighted by atomic mass is 16.5. The van der Waals surface area contributed by atoms with Crippen LogP contribution in [0, 0.1) is 17.3 Å². The first kappa shape index (κ1) is 17.6. The molecule has 0 spiro atoms. The fourth-order valence-electron chi connectivity index (χ4n) is 6.67. The van der Waals surface area contributed by atoms with Crippen LogP contribution in [-0.2, 0) is 15.8 Å². The second-order valence-corrected chi connectivity index (χ2v) is 8.94. The number of azo groups is 1. The number of carbonyl (C=O) groups is 1. The third kappa shape index (κ3) is 1.84. The number of esters is 1. The molecule has 0 amide bonds. The van der Waals surface area contributed by atoms with Gasteiger partial charge in [0.05, 0.1) is 12.7 Å². The van der Waals surface area contributed by atoms with Crippen molar-refractivity contribution in [3.05, 3.63) is 71.3 Å². The van der Waals surface area contributed by atoms with Crippen LogP contribution in [0.5, 0.6) is 0 Å². The van der Waals surface area contributed by atoms with Crippen LogP contribution in [0.4, 0.5) is 0 Å². The maximum atomic E-state index is 11.9. The number of benzene rings is 2. The Bertz CT molecular complexity index is 950. The first-order chi connectivity index (χ1) is 13.5. The average Bonchev–Trinajstić information content (AvgIpc) is 3.35. The summed E-state index contributed by atoms with van der Waals surface area (Å²) in [5, 5.41) is 10.1. The lowest BCUT2D eigenvalue weighted by molar-refractivity contribution is 0.0600. The van der Waals surface area contributed by atoms with Gasteiger partial charge >= 0.3 is 5.97 Å². The zero-order chi connectivity index (χ0) is 19.6. The molecule has 1 heterocycles. The van der Waals surface area contributed by atoms with E-state index in [-0.39, 0.29) is 22.5 Å². The molecule has 3 aliphatic rings. The van der Waals surface area contributed by atoms with Crippen LogP contribution >= 0.6 is 0 Å². The van der Waals surface area contributed by atoms with Crippen molar-refractivity contribution in [1.82, 2.24) is 0 Å². The lowest BCUT2D eigenvalue weighted by Gasteiger charge is -2.42. The van der Waals surface area contributed by atoms with Crippen molar-refractivity contribution in [2.75, 3.05) is 7.11 Å². The molecule has 2 bridgehead atoms. The predicted molar refractivity (Wildman–Crippen MR) is 107 cm³/mol. The Hall–Kier alpha value is -2.49. The molecular formula is C24H26N2O2. The summed E-state index contributed by atoms with van der Waals surface area (Å²) in [5.74, 6) is 0.673. The molecule has 2 aliphatic carbocycles. The highest BCUT2D eigenvalue weighted by Crippen LogP contribution is 2.77. The van der Waals surface area contributed by atoms with Gasteiger partial charge in [-0.3, -0.25) is 0 Å². The lowest BCUT2D eigenvalue weighted by Crippen LogP contribution is -2.44. The summed E-state index contributed by atoms with van der Waals surface area (Å²) in [6.07, 6.45) is 3.61. The smallest absolute Gasteiger partial charge is 0.337 e. The van der Waals surface area contributed by atoms with E-state index in [2.05, 4.69) is 56.3 Å². The van der Waals surface area contributed by atoms with Gasteiger partial charge in [-0.2, -0.15) is 10.2 Å². The molecule has 0 radical (unpaired) electrons. The number of methoxy groups -OCH3 is 1. The van der Waals surface area contributed by atoms with Crippen molar-refractivity contribution in [2.24, 2.45) is 27.5 Å². The van der Waals surface area contributed by atoms with Crippen molar-refractivity contribution in [3.63, 3.8) is 0 Å². The van der Waals surface area contributed by atoms with Gasteiger partial charge in [0.1, 0.15) is 11.1 Å². The first-order valence-corrected chi connectivity index (χ1v) is 10.2. The van der Waals surface area contributed by atoms with Gasteiger partial charge in [-0.25, -0.2) is 4.79 Å². The summed E-state index contributed by atoms with van der Waals surface area (Å²) < 4.78 is 4.86. The van der Waals surface area contributed by atoms with Crippen LogP contribution in [0.2, 0.25) is 0 Å². The Labute approximate surface area is 166 Å². The average molecular weight is 374 g/mol. The number of nitrogens with zero attached hydrogens (tertiary/aromatic N) is 2. The van der Waals surface area contributed by atoms with E-state index >= 15 is 0 Å². The molecule has 144 valence electrons. The molecule has 28 heavy (non-hydrogen) atoms. The van der Waals surface area contributed by atoms with Crippen molar-refractivity contribution < 1.29 is 9.53 Å². The minimum absolute atomic E-state index is 0.149. The van der Waals surface area contributed by atoms with Crippen LogP contribution in [0.1, 0.15) is 54.6 Å². The number of carbonyl (C=O) groups excluding carboxylic acids is 1. The maximum Gasteiger partial charge on any atom is 0.337 e. The third-order valence-electron chi connectivity index (χ3n) is 7.82. The molecule has 4 nitrogen and oxygen atoms in total. The summed E-state index contributed by atoms with van der Waals surface area (Å²) in [6.45, 7) is 4.68. The Morgan fingerprint density at radius 2 is 1.43 bits per heavy atom. The second-order valence-electron chi connectivity index (χ2n) is 8.94. The molecule has 4 atom stereocenters. The van der Waals surface area contributed by atoms with Crippen molar-refractivity contribution in [3.8, 4) is 0 Å². The number of fused-ring (bicyclic) bond motifs is 5. The van der Waals surface area contributed by atoms with Crippen LogP contribution in [-0.4, -0.2) is 13.1 Å². The molecule has 2 aromatic carbocycles. The Balaban J connectivity index is 1.69. The Morgan fingerprint density at radius 1 is 0.893 bits per heavy atom. The summed E-state index contributed by atoms with van der Waals surface area (Å²) >= 11 is 0.